The van der Waals surface area contributed by atoms with Crippen molar-refractivity contribution in [3.63, 3.8) is 0 Å². The van der Waals surface area contributed by atoms with E-state index in [0.717, 1.165) is 23.8 Å². The van der Waals surface area contributed by atoms with Crippen LogP contribution in [0.15, 0.2) is 71.6 Å². The predicted molar refractivity (Wildman–Crippen MR) is 102 cm³/mol. The van der Waals surface area contributed by atoms with Crippen molar-refractivity contribution in [1.82, 2.24) is 20.6 Å². The molecule has 0 saturated carbocycles. The van der Waals surface area contributed by atoms with Gasteiger partial charge in [-0.05, 0) is 46.7 Å². The van der Waals surface area contributed by atoms with Crippen LogP contribution < -0.4 is 4.72 Å². The SMILES string of the molecule is O=S(=O)(Nc1cc(-c2ccccc2)ccc1F)c1cc(-c2nn[nH]n2)ccc1F. The molecule has 4 aromatic rings. The molecular formula is C19H13F2N5O2S. The van der Waals surface area contributed by atoms with Crippen molar-refractivity contribution in [2.75, 3.05) is 4.72 Å². The van der Waals surface area contributed by atoms with Crippen molar-refractivity contribution in [2.24, 2.45) is 0 Å². The van der Waals surface area contributed by atoms with Crippen LogP contribution in [-0.4, -0.2) is 29.0 Å². The number of tetrazole rings is 1. The Hall–Kier alpha value is -3.66. The van der Waals surface area contributed by atoms with Crippen LogP contribution in [0.1, 0.15) is 0 Å². The number of aromatic nitrogens is 4. The van der Waals surface area contributed by atoms with E-state index < -0.39 is 26.6 Å². The number of hydrogen-bond donors (Lipinski definition) is 2. The van der Waals surface area contributed by atoms with Crippen LogP contribution in [0.2, 0.25) is 0 Å². The van der Waals surface area contributed by atoms with E-state index in [0.29, 0.717) is 5.56 Å². The average molecular weight is 413 g/mol. The molecule has 0 aliphatic rings. The summed E-state index contributed by atoms with van der Waals surface area (Å²) >= 11 is 0. The van der Waals surface area contributed by atoms with Gasteiger partial charge in [0.1, 0.15) is 16.5 Å². The summed E-state index contributed by atoms with van der Waals surface area (Å²) in [5.41, 5.74) is 1.32. The second kappa shape index (κ2) is 7.40. The minimum atomic E-state index is -4.43. The predicted octanol–water partition coefficient (Wildman–Crippen LogP) is 3.61. The molecule has 0 aliphatic carbocycles. The number of benzene rings is 3. The highest BCUT2D eigenvalue weighted by Gasteiger charge is 2.22. The van der Waals surface area contributed by atoms with E-state index in [1.807, 2.05) is 6.07 Å². The van der Waals surface area contributed by atoms with Gasteiger partial charge in [0.2, 0.25) is 5.82 Å². The van der Waals surface area contributed by atoms with E-state index in [9.17, 15) is 17.2 Å². The topological polar surface area (TPSA) is 101 Å². The maximum Gasteiger partial charge on any atom is 0.264 e. The fourth-order valence-electron chi connectivity index (χ4n) is 2.75. The molecule has 0 saturated heterocycles. The summed E-state index contributed by atoms with van der Waals surface area (Å²) in [5.74, 6) is -1.69. The van der Waals surface area contributed by atoms with Gasteiger partial charge in [-0.1, -0.05) is 36.4 Å². The number of nitrogens with zero attached hydrogens (tertiary/aromatic N) is 3. The minimum Gasteiger partial charge on any atom is -0.277 e. The summed E-state index contributed by atoms with van der Waals surface area (Å²) in [7, 11) is -4.43. The number of halogens is 2. The lowest BCUT2D eigenvalue weighted by molar-refractivity contribution is 0.569. The van der Waals surface area contributed by atoms with Crippen molar-refractivity contribution < 1.29 is 17.2 Å². The van der Waals surface area contributed by atoms with E-state index in [1.54, 1.807) is 24.3 Å². The maximum absolute atomic E-state index is 14.3. The summed E-state index contributed by atoms with van der Waals surface area (Å²) in [4.78, 5) is -0.663. The number of H-pyrrole nitrogens is 1. The quantitative estimate of drug-likeness (QED) is 0.521. The molecule has 3 aromatic carbocycles. The molecule has 0 aliphatic heterocycles. The van der Waals surface area contributed by atoms with Gasteiger partial charge in [0.05, 0.1) is 5.69 Å². The molecule has 4 rings (SSSR count). The van der Waals surface area contributed by atoms with Gasteiger partial charge in [-0.3, -0.25) is 4.72 Å². The van der Waals surface area contributed by atoms with E-state index in [1.165, 1.54) is 18.2 Å². The largest absolute Gasteiger partial charge is 0.277 e. The van der Waals surface area contributed by atoms with Crippen molar-refractivity contribution in [1.29, 1.82) is 0 Å². The van der Waals surface area contributed by atoms with Crippen molar-refractivity contribution in [3.8, 4) is 22.5 Å². The summed E-state index contributed by atoms with van der Waals surface area (Å²) in [6.45, 7) is 0. The van der Waals surface area contributed by atoms with Crippen LogP contribution >= 0.6 is 0 Å². The number of anilines is 1. The molecule has 0 spiro atoms. The number of rotatable bonds is 5. The summed E-state index contributed by atoms with van der Waals surface area (Å²) in [6, 6.07) is 16.4. The Morgan fingerprint density at radius 3 is 2.28 bits per heavy atom. The molecule has 7 nitrogen and oxygen atoms in total. The Balaban J connectivity index is 1.72. The number of hydrogen-bond acceptors (Lipinski definition) is 5. The van der Waals surface area contributed by atoms with Gasteiger partial charge in [0, 0.05) is 5.56 Å². The van der Waals surface area contributed by atoms with Crippen molar-refractivity contribution in [3.05, 3.63) is 78.4 Å². The highest BCUT2D eigenvalue weighted by Crippen LogP contribution is 2.28. The van der Waals surface area contributed by atoms with E-state index in [4.69, 9.17) is 0 Å². The first-order valence-electron chi connectivity index (χ1n) is 8.35. The Kier molecular flexibility index (Phi) is 4.77. The first-order chi connectivity index (χ1) is 13.9. The highest BCUT2D eigenvalue weighted by atomic mass is 32.2. The second-order valence-corrected chi connectivity index (χ2v) is 7.70. The third kappa shape index (κ3) is 3.83. The van der Waals surface area contributed by atoms with E-state index >= 15 is 0 Å². The van der Waals surface area contributed by atoms with Crippen molar-refractivity contribution in [2.45, 2.75) is 4.90 Å². The fraction of sp³-hybridized carbons (Fsp3) is 0. The van der Waals surface area contributed by atoms with Gasteiger partial charge in [-0.2, -0.15) is 5.21 Å². The highest BCUT2D eigenvalue weighted by molar-refractivity contribution is 7.92. The molecule has 1 heterocycles. The molecule has 0 fully saturated rings. The van der Waals surface area contributed by atoms with Gasteiger partial charge in [0.25, 0.3) is 10.0 Å². The van der Waals surface area contributed by atoms with Crippen LogP contribution in [-0.2, 0) is 10.0 Å². The Labute approximate surface area is 164 Å². The van der Waals surface area contributed by atoms with Crippen LogP contribution in [0, 0.1) is 11.6 Å². The minimum absolute atomic E-state index is 0.0960. The van der Waals surface area contributed by atoms with Crippen LogP contribution in [0.3, 0.4) is 0 Å². The number of sulfonamides is 1. The number of nitrogens with one attached hydrogen (secondary N) is 2. The molecule has 0 bridgehead atoms. The third-order valence-corrected chi connectivity index (χ3v) is 5.52. The fourth-order valence-corrected chi connectivity index (χ4v) is 3.91. The van der Waals surface area contributed by atoms with Crippen molar-refractivity contribution >= 4 is 15.7 Å². The summed E-state index contributed by atoms with van der Waals surface area (Å²) < 4.78 is 56.2. The Bertz CT molecular complexity index is 1260. The molecule has 146 valence electrons. The first kappa shape index (κ1) is 18.7. The first-order valence-corrected chi connectivity index (χ1v) is 9.83. The standard InChI is InChI=1S/C19H13F2N5O2S/c20-15-8-6-13(12-4-2-1-3-5-12)10-17(15)24-29(27,28)18-11-14(7-9-16(18)21)19-22-25-26-23-19/h1-11,24H,(H,22,23,25,26). The monoisotopic (exact) mass is 413 g/mol. The number of aromatic amines is 1. The van der Waals surface area contributed by atoms with Crippen LogP contribution in [0.4, 0.5) is 14.5 Å². The molecule has 10 heteroatoms. The van der Waals surface area contributed by atoms with Gasteiger partial charge in [0.15, 0.2) is 0 Å². The zero-order valence-corrected chi connectivity index (χ0v) is 15.5. The summed E-state index contributed by atoms with van der Waals surface area (Å²) in [5, 5.41) is 13.1. The lowest BCUT2D eigenvalue weighted by atomic mass is 10.1. The Morgan fingerprint density at radius 2 is 1.55 bits per heavy atom. The molecule has 0 atom stereocenters. The summed E-state index contributed by atoms with van der Waals surface area (Å²) in [6.07, 6.45) is 0. The zero-order valence-electron chi connectivity index (χ0n) is 14.7. The normalized spacial score (nSPS) is 11.4. The lowest BCUT2D eigenvalue weighted by Gasteiger charge is -2.12. The van der Waals surface area contributed by atoms with E-state index in [-0.39, 0.29) is 17.1 Å². The maximum atomic E-state index is 14.3. The van der Waals surface area contributed by atoms with Gasteiger partial charge < -0.3 is 0 Å². The van der Waals surface area contributed by atoms with Crippen LogP contribution in [0.5, 0.6) is 0 Å². The average Bonchev–Trinajstić information content (AvgIpc) is 3.25. The molecule has 2 N–H and O–H groups in total. The Morgan fingerprint density at radius 1 is 0.828 bits per heavy atom. The van der Waals surface area contributed by atoms with Gasteiger partial charge in [-0.15, -0.1) is 10.2 Å². The van der Waals surface area contributed by atoms with E-state index in [2.05, 4.69) is 25.3 Å². The molecular weight excluding hydrogens is 400 g/mol. The lowest BCUT2D eigenvalue weighted by Crippen LogP contribution is -2.16. The molecule has 0 radical (unpaired) electrons. The van der Waals surface area contributed by atoms with Gasteiger partial charge >= 0.3 is 0 Å². The van der Waals surface area contributed by atoms with Gasteiger partial charge in [-0.25, -0.2) is 17.2 Å². The zero-order chi connectivity index (χ0) is 20.4. The third-order valence-electron chi connectivity index (χ3n) is 4.14. The smallest absolute Gasteiger partial charge is 0.264 e. The second-order valence-electron chi connectivity index (χ2n) is 6.05. The van der Waals surface area contributed by atoms with Crippen LogP contribution in [0.25, 0.3) is 22.5 Å². The molecule has 29 heavy (non-hydrogen) atoms. The molecule has 0 unspecified atom stereocenters. The molecule has 0 amide bonds. The molecule has 1 aromatic heterocycles.